The van der Waals surface area contributed by atoms with Crippen LogP contribution in [0.2, 0.25) is 0 Å². The molecular weight excluding hydrogens is 398 g/mol. The lowest BCUT2D eigenvalue weighted by Crippen LogP contribution is -2.31. The Balaban J connectivity index is 2.51. The summed E-state index contributed by atoms with van der Waals surface area (Å²) < 4.78 is 81.1. The Hall–Kier alpha value is -2.04. The Labute approximate surface area is 157 Å². The summed E-state index contributed by atoms with van der Waals surface area (Å²) in [4.78, 5) is -1.21. The number of hydrogen-bond donors (Lipinski definition) is 1. The Morgan fingerprint density at radius 3 is 2.04 bits per heavy atom. The molecule has 0 amide bonds. The summed E-state index contributed by atoms with van der Waals surface area (Å²) in [6.45, 7) is 5.43. The van der Waals surface area contributed by atoms with Crippen LogP contribution >= 0.6 is 0 Å². The van der Waals surface area contributed by atoms with Gasteiger partial charge < -0.3 is 0 Å². The lowest BCUT2D eigenvalue weighted by atomic mass is 10.2. The first-order valence-corrected chi connectivity index (χ1v) is 11.0. The van der Waals surface area contributed by atoms with Gasteiger partial charge in [0.15, 0.2) is 4.90 Å². The molecule has 2 rings (SSSR count). The van der Waals surface area contributed by atoms with E-state index in [1.54, 1.807) is 20.8 Å². The fourth-order valence-electron chi connectivity index (χ4n) is 2.59. The summed E-state index contributed by atoms with van der Waals surface area (Å²) in [7, 11) is -8.43. The van der Waals surface area contributed by atoms with Crippen LogP contribution in [0.1, 0.15) is 19.4 Å². The molecule has 0 heterocycles. The molecule has 6 nitrogen and oxygen atoms in total. The van der Waals surface area contributed by atoms with E-state index in [1.165, 1.54) is 16.4 Å². The molecule has 0 saturated heterocycles. The van der Waals surface area contributed by atoms with Gasteiger partial charge in [-0.3, -0.25) is 4.72 Å². The second kappa shape index (κ2) is 7.91. The maximum atomic E-state index is 13.8. The Kier molecular flexibility index (Phi) is 6.23. The second-order valence-corrected chi connectivity index (χ2v) is 9.25. The number of hydrogen-bond acceptors (Lipinski definition) is 4. The van der Waals surface area contributed by atoms with Crippen molar-refractivity contribution in [1.82, 2.24) is 4.31 Å². The van der Waals surface area contributed by atoms with E-state index in [0.29, 0.717) is 5.56 Å². The minimum Gasteiger partial charge on any atom is -0.279 e. The van der Waals surface area contributed by atoms with Crippen molar-refractivity contribution in [3.05, 3.63) is 53.6 Å². The van der Waals surface area contributed by atoms with Crippen LogP contribution in [0.4, 0.5) is 14.5 Å². The Morgan fingerprint density at radius 1 is 0.963 bits per heavy atom. The molecule has 0 atom stereocenters. The number of aryl methyl sites for hydroxylation is 1. The first kappa shape index (κ1) is 21.3. The smallest absolute Gasteiger partial charge is 0.267 e. The fraction of sp³-hybridized carbons (Fsp3) is 0.294. The second-order valence-electron chi connectivity index (χ2n) is 5.73. The highest BCUT2D eigenvalue weighted by Crippen LogP contribution is 2.26. The summed E-state index contributed by atoms with van der Waals surface area (Å²) in [6, 6.07) is 6.58. The van der Waals surface area contributed by atoms with E-state index < -0.39 is 36.6 Å². The average molecular weight is 418 g/mol. The molecule has 0 radical (unpaired) electrons. The van der Waals surface area contributed by atoms with E-state index in [1.807, 2.05) is 4.72 Å². The van der Waals surface area contributed by atoms with Crippen molar-refractivity contribution in [1.29, 1.82) is 0 Å². The molecule has 1 N–H and O–H groups in total. The number of anilines is 1. The largest absolute Gasteiger partial charge is 0.279 e. The van der Waals surface area contributed by atoms with Gasteiger partial charge in [0.05, 0.1) is 10.6 Å². The molecule has 0 aliphatic carbocycles. The Bertz CT molecular complexity index is 1030. The van der Waals surface area contributed by atoms with Gasteiger partial charge >= 0.3 is 0 Å². The van der Waals surface area contributed by atoms with Gasteiger partial charge in [0.2, 0.25) is 10.0 Å². The highest BCUT2D eigenvalue weighted by Gasteiger charge is 2.27. The van der Waals surface area contributed by atoms with Crippen LogP contribution in [-0.4, -0.2) is 34.2 Å². The molecule has 0 aromatic heterocycles. The van der Waals surface area contributed by atoms with Crippen LogP contribution in [0.5, 0.6) is 0 Å². The molecule has 0 saturated carbocycles. The maximum Gasteiger partial charge on any atom is 0.267 e. The molecule has 0 unspecified atom stereocenters. The monoisotopic (exact) mass is 418 g/mol. The number of benzene rings is 2. The zero-order chi connectivity index (χ0) is 20.4. The summed E-state index contributed by atoms with van der Waals surface area (Å²) in [6.07, 6.45) is 0. The minimum absolute atomic E-state index is 0.0830. The molecular formula is C17H20F2N2O4S2. The van der Waals surface area contributed by atoms with E-state index in [2.05, 4.69) is 0 Å². The van der Waals surface area contributed by atoms with Crippen molar-refractivity contribution in [3.8, 4) is 0 Å². The first-order valence-electron chi connectivity index (χ1n) is 8.12. The normalized spacial score (nSPS) is 12.4. The molecule has 10 heteroatoms. The number of rotatable bonds is 7. The average Bonchev–Trinajstić information content (AvgIpc) is 2.56. The van der Waals surface area contributed by atoms with Crippen molar-refractivity contribution in [2.24, 2.45) is 0 Å². The molecule has 27 heavy (non-hydrogen) atoms. The summed E-state index contributed by atoms with van der Waals surface area (Å²) in [5, 5.41) is 0. The van der Waals surface area contributed by atoms with Crippen LogP contribution in [0, 0.1) is 18.6 Å². The molecule has 0 aliphatic heterocycles. The van der Waals surface area contributed by atoms with Crippen LogP contribution < -0.4 is 4.72 Å². The molecule has 0 fully saturated rings. The summed E-state index contributed by atoms with van der Waals surface area (Å²) >= 11 is 0. The number of nitrogens with zero attached hydrogens (tertiary/aromatic N) is 1. The molecule has 148 valence electrons. The van der Waals surface area contributed by atoms with E-state index in [9.17, 15) is 25.6 Å². The third-order valence-corrected chi connectivity index (χ3v) is 7.58. The SMILES string of the molecule is CCN(CC)S(=O)(=O)c1cc(NS(=O)(=O)c2c(F)cccc2F)ccc1C. The van der Waals surface area contributed by atoms with Crippen molar-refractivity contribution in [2.75, 3.05) is 17.8 Å². The van der Waals surface area contributed by atoms with E-state index in [4.69, 9.17) is 0 Å². The van der Waals surface area contributed by atoms with Crippen molar-refractivity contribution >= 4 is 25.7 Å². The van der Waals surface area contributed by atoms with Gasteiger partial charge in [-0.2, -0.15) is 4.31 Å². The van der Waals surface area contributed by atoms with Crippen molar-refractivity contribution in [2.45, 2.75) is 30.6 Å². The zero-order valence-electron chi connectivity index (χ0n) is 15.0. The fourth-order valence-corrected chi connectivity index (χ4v) is 5.49. The zero-order valence-corrected chi connectivity index (χ0v) is 16.7. The van der Waals surface area contributed by atoms with Gasteiger partial charge in [0.25, 0.3) is 10.0 Å². The number of halogens is 2. The van der Waals surface area contributed by atoms with Crippen LogP contribution in [-0.2, 0) is 20.0 Å². The molecule has 0 spiro atoms. The van der Waals surface area contributed by atoms with Crippen LogP contribution in [0.25, 0.3) is 0 Å². The van der Waals surface area contributed by atoms with Crippen molar-refractivity contribution < 1.29 is 25.6 Å². The standard InChI is InChI=1S/C17H20F2N2O4S2/c1-4-21(5-2)27(24,25)16-11-13(10-9-12(16)3)20-26(22,23)17-14(18)7-6-8-15(17)19/h6-11,20H,4-5H2,1-3H3. The van der Waals surface area contributed by atoms with Gasteiger partial charge in [0.1, 0.15) is 11.6 Å². The van der Waals surface area contributed by atoms with E-state index >= 15 is 0 Å². The van der Waals surface area contributed by atoms with Crippen LogP contribution in [0.15, 0.2) is 46.2 Å². The Morgan fingerprint density at radius 2 is 1.52 bits per heavy atom. The topological polar surface area (TPSA) is 83.6 Å². The van der Waals surface area contributed by atoms with E-state index in [-0.39, 0.29) is 23.7 Å². The maximum absolute atomic E-state index is 13.8. The van der Waals surface area contributed by atoms with Crippen LogP contribution in [0.3, 0.4) is 0 Å². The van der Waals surface area contributed by atoms with Gasteiger partial charge in [-0.05, 0) is 36.8 Å². The summed E-state index contributed by atoms with van der Waals surface area (Å²) in [5.41, 5.74) is 0.302. The highest BCUT2D eigenvalue weighted by atomic mass is 32.2. The van der Waals surface area contributed by atoms with Gasteiger partial charge in [0, 0.05) is 13.1 Å². The highest BCUT2D eigenvalue weighted by molar-refractivity contribution is 7.92. The lowest BCUT2D eigenvalue weighted by molar-refractivity contribution is 0.445. The minimum atomic E-state index is -4.59. The third kappa shape index (κ3) is 4.28. The lowest BCUT2D eigenvalue weighted by Gasteiger charge is -2.20. The number of nitrogens with one attached hydrogen (secondary N) is 1. The summed E-state index contributed by atoms with van der Waals surface area (Å²) in [5.74, 6) is -2.49. The van der Waals surface area contributed by atoms with Gasteiger partial charge in [-0.1, -0.05) is 26.0 Å². The first-order chi connectivity index (χ1) is 12.5. The number of sulfonamides is 2. The van der Waals surface area contributed by atoms with Crippen molar-refractivity contribution in [3.63, 3.8) is 0 Å². The molecule has 0 aliphatic rings. The van der Waals surface area contributed by atoms with Gasteiger partial charge in [-0.25, -0.2) is 25.6 Å². The molecule has 0 bridgehead atoms. The molecule has 2 aromatic carbocycles. The predicted molar refractivity (Wildman–Crippen MR) is 98.5 cm³/mol. The predicted octanol–water partition coefficient (Wildman–Crippen LogP) is 3.10. The van der Waals surface area contributed by atoms with Gasteiger partial charge in [-0.15, -0.1) is 0 Å². The van der Waals surface area contributed by atoms with E-state index in [0.717, 1.165) is 24.3 Å². The molecule has 2 aromatic rings. The third-order valence-electron chi connectivity index (χ3n) is 3.95. The quantitative estimate of drug-likeness (QED) is 0.749.